The largest absolute Gasteiger partial charge is 0.461 e. The van der Waals surface area contributed by atoms with Crippen LogP contribution >= 0.6 is 11.8 Å². The zero-order valence-electron chi connectivity index (χ0n) is 29.8. The number of rotatable bonds is 12. The van der Waals surface area contributed by atoms with Gasteiger partial charge >= 0.3 is 12.1 Å². The lowest BCUT2D eigenvalue weighted by Gasteiger charge is -2.62. The summed E-state index contributed by atoms with van der Waals surface area (Å²) in [5.41, 5.74) is 5.68. The molecule has 0 saturated heterocycles. The van der Waals surface area contributed by atoms with Crippen LogP contribution in [0.3, 0.4) is 0 Å². The lowest BCUT2D eigenvalue weighted by Crippen LogP contribution is -2.64. The first kappa shape index (κ1) is 38.0. The second-order valence-corrected chi connectivity index (χ2v) is 16.8. The summed E-state index contributed by atoms with van der Waals surface area (Å²) in [5.74, 6) is -0.181. The van der Waals surface area contributed by atoms with Crippen LogP contribution in [0.2, 0.25) is 0 Å². The van der Waals surface area contributed by atoms with Crippen molar-refractivity contribution in [3.63, 3.8) is 0 Å². The molecular formula is C36H56N5O6S+. The molecule has 11 nitrogen and oxygen atoms in total. The molecule has 1 aromatic carbocycles. The standard InChI is InChI=1S/C36H55N5O6S/c1-23-13-15-36-16-14-27(42)30(36)35(23,7)28(46-29(43)21-48-26-11-9-25(10-12-26)20-40-41-37)19-34(6,31(44)24(36)2)22-38-17-8-18-39-32(45)47-33(3,4)5/h9-12,23-24,28,30-31,37-38,44H,8,13-22H2,1-7H3/p+1/t23-,24+,28-,30+,31+,34-,35+,36+/m1/s1. The van der Waals surface area contributed by atoms with Gasteiger partial charge in [0.25, 0.3) is 0 Å². The normalized spacial score (nSPS) is 33.1. The van der Waals surface area contributed by atoms with Gasteiger partial charge < -0.3 is 25.2 Å². The number of aliphatic hydroxyl groups is 1. The number of hydrogen-bond donors (Lipinski definition) is 4. The molecule has 12 heteroatoms. The van der Waals surface area contributed by atoms with Gasteiger partial charge in [-0.15, -0.1) is 11.8 Å². The van der Waals surface area contributed by atoms with Crippen molar-refractivity contribution in [1.82, 2.24) is 15.5 Å². The van der Waals surface area contributed by atoms with Crippen molar-refractivity contribution < 1.29 is 29.0 Å². The lowest BCUT2D eigenvalue weighted by molar-refractivity contribution is -0.210. The maximum absolute atomic E-state index is 13.8. The summed E-state index contributed by atoms with van der Waals surface area (Å²) in [7, 11) is 0. The van der Waals surface area contributed by atoms with Gasteiger partial charge in [-0.05, 0) is 94.4 Å². The quantitative estimate of drug-likeness (QED) is 0.0678. The molecule has 266 valence electrons. The first-order valence-electron chi connectivity index (χ1n) is 17.4. The van der Waals surface area contributed by atoms with Gasteiger partial charge in [-0.3, -0.25) is 9.59 Å². The van der Waals surface area contributed by atoms with E-state index in [1.165, 1.54) is 11.8 Å². The Kier molecular flexibility index (Phi) is 12.2. The average molecular weight is 687 g/mol. The number of Topliss-reactive ketones (excluding diaryl/α,β-unsaturated/α-hetero) is 1. The minimum absolute atomic E-state index is 0.0980. The van der Waals surface area contributed by atoms with Crippen LogP contribution in [0, 0.1) is 39.5 Å². The number of hydrogen-bond acceptors (Lipinski definition) is 10. The number of alkyl carbamates (subject to hydrolysis) is 1. The van der Waals surface area contributed by atoms with Crippen molar-refractivity contribution in [2.45, 2.75) is 116 Å². The fourth-order valence-electron chi connectivity index (χ4n) is 8.77. The summed E-state index contributed by atoms with van der Waals surface area (Å²) >= 11 is 1.39. The van der Waals surface area contributed by atoms with Crippen LogP contribution in [-0.2, 0) is 25.6 Å². The number of nitrogens with zero attached hydrogens (tertiary/aromatic N) is 2. The summed E-state index contributed by atoms with van der Waals surface area (Å²) < 4.78 is 11.8. The monoisotopic (exact) mass is 686 g/mol. The zero-order valence-corrected chi connectivity index (χ0v) is 30.6. The third-order valence-electron chi connectivity index (χ3n) is 11.5. The molecule has 8 atom stereocenters. The first-order valence-corrected chi connectivity index (χ1v) is 18.4. The van der Waals surface area contributed by atoms with E-state index in [0.717, 1.165) is 29.7 Å². The van der Waals surface area contributed by atoms with Gasteiger partial charge in [0.2, 0.25) is 4.91 Å². The topological polar surface area (TPSA) is 164 Å². The smallest absolute Gasteiger partial charge is 0.407 e. The molecule has 3 fully saturated rings. The molecule has 48 heavy (non-hydrogen) atoms. The maximum atomic E-state index is 13.8. The molecule has 1 amide bonds. The predicted octanol–water partition coefficient (Wildman–Crippen LogP) is 6.05. The van der Waals surface area contributed by atoms with E-state index in [1.807, 2.05) is 45.0 Å². The minimum Gasteiger partial charge on any atom is -0.461 e. The van der Waals surface area contributed by atoms with Gasteiger partial charge in [0.1, 0.15) is 34.7 Å². The zero-order chi connectivity index (χ0) is 35.3. The van der Waals surface area contributed by atoms with Gasteiger partial charge in [-0.25, -0.2) is 4.79 Å². The molecule has 3 aliphatic rings. The van der Waals surface area contributed by atoms with Gasteiger partial charge in [0, 0.05) is 41.2 Å². The van der Waals surface area contributed by atoms with Crippen LogP contribution in [0.1, 0.15) is 92.6 Å². The van der Waals surface area contributed by atoms with Crippen LogP contribution in [0.15, 0.2) is 34.3 Å². The van der Waals surface area contributed by atoms with Crippen molar-refractivity contribution in [1.29, 1.82) is 5.53 Å². The van der Waals surface area contributed by atoms with Gasteiger partial charge in [0.15, 0.2) is 0 Å². The lowest BCUT2D eigenvalue weighted by atomic mass is 9.44. The van der Waals surface area contributed by atoms with Crippen LogP contribution in [0.5, 0.6) is 0 Å². The molecule has 0 unspecified atom stereocenters. The fourth-order valence-corrected chi connectivity index (χ4v) is 9.45. The van der Waals surface area contributed by atoms with E-state index in [-0.39, 0.29) is 40.7 Å². The van der Waals surface area contributed by atoms with Crippen LogP contribution in [0.25, 0.3) is 0 Å². The number of ketones is 1. The molecule has 3 aliphatic carbocycles. The van der Waals surface area contributed by atoms with E-state index in [0.29, 0.717) is 45.4 Å². The Balaban J connectivity index is 1.51. The Morgan fingerprint density at radius 3 is 2.52 bits per heavy atom. The second kappa shape index (κ2) is 15.4. The molecule has 3 saturated carbocycles. The summed E-state index contributed by atoms with van der Waals surface area (Å²) in [4.78, 5) is 43.4. The molecule has 0 aliphatic heterocycles. The van der Waals surface area contributed by atoms with Crippen molar-refractivity contribution in [3.8, 4) is 0 Å². The molecule has 0 aromatic heterocycles. The highest BCUT2D eigenvalue weighted by Gasteiger charge is 2.68. The third kappa shape index (κ3) is 8.32. The van der Waals surface area contributed by atoms with Gasteiger partial charge in [-0.1, -0.05) is 39.8 Å². The maximum Gasteiger partial charge on any atom is 0.407 e. The highest BCUT2D eigenvalue weighted by molar-refractivity contribution is 8.00. The molecule has 0 heterocycles. The molecule has 0 spiro atoms. The number of nitrogens with one attached hydrogen (secondary N) is 3. The summed E-state index contributed by atoms with van der Waals surface area (Å²) in [6.45, 7) is 16.0. The van der Waals surface area contributed by atoms with E-state index >= 15 is 0 Å². The van der Waals surface area contributed by atoms with Crippen LogP contribution in [-0.4, -0.2) is 66.1 Å². The van der Waals surface area contributed by atoms with Crippen molar-refractivity contribution >= 4 is 29.6 Å². The van der Waals surface area contributed by atoms with Crippen molar-refractivity contribution in [3.05, 3.63) is 29.8 Å². The van der Waals surface area contributed by atoms with Crippen molar-refractivity contribution in [2.24, 2.45) is 39.1 Å². The molecule has 4 rings (SSSR count). The number of carbonyl (C=O) groups is 3. The van der Waals surface area contributed by atoms with Gasteiger partial charge in [0.05, 0.1) is 11.9 Å². The SMILES string of the molecule is C[C@@H]1CC[C@@]23CCC(=O)[C@H]2[C@]1(C)[C@H](OC(=O)CSc1ccc(CN=[N+]=N)cc1)C[C@](C)(CNCCCNC(=O)OC(C)(C)C)[C@@H](O)[C@@H]3C. The average Bonchev–Trinajstić information content (AvgIpc) is 3.38. The molecule has 0 radical (unpaired) electrons. The van der Waals surface area contributed by atoms with Crippen molar-refractivity contribution in [2.75, 3.05) is 25.4 Å². The number of aliphatic hydroxyl groups excluding tert-OH is 1. The number of benzene rings is 1. The Morgan fingerprint density at radius 1 is 1.15 bits per heavy atom. The van der Waals surface area contributed by atoms with E-state index in [4.69, 9.17) is 15.0 Å². The summed E-state index contributed by atoms with van der Waals surface area (Å²) in [5, 5.41) is 22.2. The molecule has 4 N–H and O–H groups in total. The van der Waals surface area contributed by atoms with Crippen LogP contribution in [0.4, 0.5) is 4.79 Å². The first-order chi connectivity index (χ1) is 22.6. The van der Waals surface area contributed by atoms with E-state index in [2.05, 4.69) is 48.4 Å². The molecule has 2 bridgehead atoms. The Morgan fingerprint density at radius 2 is 1.85 bits per heavy atom. The highest BCUT2D eigenvalue weighted by Crippen LogP contribution is 2.67. The third-order valence-corrected chi connectivity index (χ3v) is 12.5. The van der Waals surface area contributed by atoms with E-state index in [9.17, 15) is 19.5 Å². The van der Waals surface area contributed by atoms with E-state index < -0.39 is 34.7 Å². The Hall–Kier alpha value is -2.79. The number of carbonyl (C=O) groups excluding carboxylic acids is 3. The van der Waals surface area contributed by atoms with Crippen LogP contribution < -0.4 is 15.5 Å². The predicted molar refractivity (Wildman–Crippen MR) is 184 cm³/mol. The minimum atomic E-state index is -0.708. The molecular weight excluding hydrogens is 630 g/mol. The van der Waals surface area contributed by atoms with E-state index in [1.54, 1.807) is 0 Å². The number of esters is 1. The number of ether oxygens (including phenoxy) is 2. The summed E-state index contributed by atoms with van der Waals surface area (Å²) in [6.07, 6.45) is 2.47. The Bertz CT molecular complexity index is 1360. The number of amides is 1. The summed E-state index contributed by atoms with van der Waals surface area (Å²) in [6, 6.07) is 7.65. The Labute approximate surface area is 289 Å². The molecule has 1 aromatic rings. The fraction of sp³-hybridized carbons (Fsp3) is 0.750. The highest BCUT2D eigenvalue weighted by atomic mass is 32.2. The second-order valence-electron chi connectivity index (χ2n) is 15.8. The number of thioether (sulfide) groups is 1. The van der Waals surface area contributed by atoms with Gasteiger partial charge in [-0.2, -0.15) is 0 Å².